The van der Waals surface area contributed by atoms with Crippen molar-refractivity contribution in [2.45, 2.75) is 167 Å². The van der Waals surface area contributed by atoms with Crippen molar-refractivity contribution in [3.05, 3.63) is 72.3 Å². The lowest BCUT2D eigenvalue weighted by atomic mass is 9.95. The normalized spacial score (nSPS) is 23.7. The third-order valence-corrected chi connectivity index (χ3v) is 13.4. The molecule has 2 aromatic rings. The van der Waals surface area contributed by atoms with E-state index in [4.69, 9.17) is 56.8 Å². The largest absolute Gasteiger partial charge is 0.463 e. The van der Waals surface area contributed by atoms with E-state index in [1.165, 1.54) is 19.9 Å². The molecule has 5 amide bonds. The molecule has 87 heavy (non-hydrogen) atoms. The summed E-state index contributed by atoms with van der Waals surface area (Å²) in [5.74, 6) is -11.3. The summed E-state index contributed by atoms with van der Waals surface area (Å²) >= 11 is 0. The van der Waals surface area contributed by atoms with E-state index in [0.717, 1.165) is 77.6 Å². The van der Waals surface area contributed by atoms with Crippen LogP contribution in [0.2, 0.25) is 0 Å². The molecule has 0 unspecified atom stereocenters. The molecule has 0 bridgehead atoms. The summed E-state index contributed by atoms with van der Waals surface area (Å²) in [7, 11) is 0. The Bertz CT molecular complexity index is 2820. The van der Waals surface area contributed by atoms with Crippen LogP contribution in [0.1, 0.15) is 86.3 Å². The molecule has 0 aromatic heterocycles. The maximum absolute atomic E-state index is 15.3. The molecule has 2 aromatic carbocycles. The number of esters is 7. The molecule has 476 valence electrons. The molecule has 2 aliphatic heterocycles. The first-order valence-electron chi connectivity index (χ1n) is 27.4. The van der Waals surface area contributed by atoms with Crippen molar-refractivity contribution in [1.82, 2.24) is 26.6 Å². The first-order valence-corrected chi connectivity index (χ1v) is 27.4. The first kappa shape index (κ1) is 69.2. The molecule has 2 fully saturated rings. The number of benzene rings is 2. The van der Waals surface area contributed by atoms with Gasteiger partial charge in [-0.3, -0.25) is 47.9 Å². The third kappa shape index (κ3) is 19.5. The van der Waals surface area contributed by atoms with Gasteiger partial charge in [0.25, 0.3) is 0 Å². The van der Waals surface area contributed by atoms with Crippen molar-refractivity contribution in [2.75, 3.05) is 33.0 Å². The summed E-state index contributed by atoms with van der Waals surface area (Å²) in [6.45, 7) is 11.1. The van der Waals surface area contributed by atoms with E-state index in [0.29, 0.717) is 0 Å². The molecule has 2 heterocycles. The first-order chi connectivity index (χ1) is 41.1. The molecule has 6 N–H and O–H groups in total. The van der Waals surface area contributed by atoms with Crippen LogP contribution < -0.4 is 26.6 Å². The van der Waals surface area contributed by atoms with Crippen molar-refractivity contribution in [1.29, 1.82) is 0 Å². The Hall–Kier alpha value is -8.58. The quantitative estimate of drug-likeness (QED) is 0.0380. The zero-order valence-electron chi connectivity index (χ0n) is 49.4. The van der Waals surface area contributed by atoms with Crippen LogP contribution in [0.3, 0.4) is 0 Å². The average Bonchev–Trinajstić information content (AvgIpc) is 1.79. The number of hydrogen-bond acceptors (Lipinski definition) is 25. The fourth-order valence-electron chi connectivity index (χ4n) is 9.88. The summed E-state index contributed by atoms with van der Waals surface area (Å²) in [5, 5.41) is 22.6. The molecule has 1 aliphatic carbocycles. The van der Waals surface area contributed by atoms with Gasteiger partial charge in [-0.2, -0.15) is 0 Å². The highest BCUT2D eigenvalue weighted by Gasteiger charge is 2.54. The molecule has 15 atom stereocenters. The van der Waals surface area contributed by atoms with E-state index in [1.54, 1.807) is 12.1 Å². The smallest absolute Gasteiger partial charge is 0.407 e. The van der Waals surface area contributed by atoms with Crippen LogP contribution in [0, 0.1) is 0 Å². The predicted octanol–water partition coefficient (Wildman–Crippen LogP) is -0.293. The minimum atomic E-state index is -2.10. The van der Waals surface area contributed by atoms with Crippen molar-refractivity contribution in [2.24, 2.45) is 0 Å². The van der Waals surface area contributed by atoms with Crippen LogP contribution in [-0.4, -0.2) is 201 Å². The Balaban J connectivity index is 1.62. The molecule has 0 radical (unpaired) electrons. The van der Waals surface area contributed by atoms with E-state index in [9.17, 15) is 57.8 Å². The maximum atomic E-state index is 15.3. The highest BCUT2D eigenvalue weighted by Crippen LogP contribution is 2.44. The number of aliphatic hydroxyl groups excluding tert-OH is 1. The van der Waals surface area contributed by atoms with Gasteiger partial charge < -0.3 is 88.5 Å². The number of carbonyl (C=O) groups is 12. The fraction of sp³-hybridized carbons (Fsp3) is 0.544. The Labute approximate surface area is 499 Å². The summed E-state index contributed by atoms with van der Waals surface area (Å²) in [6.07, 6.45) is -16.8. The van der Waals surface area contributed by atoms with Gasteiger partial charge in [0.1, 0.15) is 62.8 Å². The topological polar surface area (TPSA) is 396 Å². The van der Waals surface area contributed by atoms with Crippen LogP contribution in [-0.2, 0) is 110 Å². The highest BCUT2D eigenvalue weighted by molar-refractivity contribution is 5.94. The second-order valence-electron chi connectivity index (χ2n) is 20.2. The Morgan fingerprint density at radius 3 is 1.32 bits per heavy atom. The lowest BCUT2D eigenvalue weighted by Crippen LogP contribution is -2.68. The predicted molar refractivity (Wildman–Crippen MR) is 293 cm³/mol. The van der Waals surface area contributed by atoms with Crippen LogP contribution in [0.25, 0.3) is 11.1 Å². The standard InChI is InChI=1S/C57H73N5O25/c1-12-21-76-54(74)41(22-63)60-52(72)44(26(2)80-55-46(58-28(4)64)50(84-34(10)70)48(82-32(8)68)42(86-55)24-77-30(6)66)61-53(73)45(62-57(75)79-23-40-38-19-15-13-17-36(38)37-18-14-16-20-39(37)40)27(3)81-56-47(59-29(5)65)51(85-35(11)71)49(83-33(9)69)43(87-56)25-78-31(7)67/h12-20,26-27,40-51,55-56,63H,1,21-25H2,2-11H3,(H,58,64)(H,59,65)(H,60,72)(H,61,73)(H,62,75)/t26-,27-,41+,42-,43-,44+,45+,46-,47-,48+,49+,50-,51-,55+,56+/m1/s1. The van der Waals surface area contributed by atoms with E-state index in [-0.39, 0.29) is 13.2 Å². The SMILES string of the molecule is C=CCOC(=O)[C@H](CO)NC(=O)[C@@H](NC(=O)[C@@H](NC(=O)OCC1c2ccccc2-c2ccccc21)[C@@H](C)O[C@H]1O[C@H](COC(C)=O)[C@H](OC(C)=O)[C@H](OC(C)=O)[C@H]1NC(C)=O)[C@@H](C)O[C@H]1O[C@H](COC(C)=O)[C@H](OC(C)=O)[C@H](OC(C)=O)[C@H]1NC(C)=O. The number of ether oxygens (including phenoxy) is 12. The molecule has 3 aliphatic rings. The minimum absolute atomic E-state index is 0.304. The molecule has 5 rings (SSSR count). The lowest BCUT2D eigenvalue weighted by Gasteiger charge is -2.46. The zero-order chi connectivity index (χ0) is 64.4. The Morgan fingerprint density at radius 1 is 0.529 bits per heavy atom. The van der Waals surface area contributed by atoms with Gasteiger partial charge in [-0.1, -0.05) is 61.2 Å². The Kier molecular flexibility index (Phi) is 25.6. The number of aliphatic hydroxyl groups is 1. The summed E-state index contributed by atoms with van der Waals surface area (Å²) in [6, 6.07) is 5.58. The number of hydrogen-bond donors (Lipinski definition) is 6. The number of rotatable bonds is 27. The summed E-state index contributed by atoms with van der Waals surface area (Å²) in [4.78, 5) is 158. The number of nitrogens with one attached hydrogen (secondary N) is 5. The van der Waals surface area contributed by atoms with Gasteiger partial charge >= 0.3 is 47.9 Å². The van der Waals surface area contributed by atoms with Gasteiger partial charge in [0.15, 0.2) is 43.0 Å². The van der Waals surface area contributed by atoms with Gasteiger partial charge in [0.05, 0.1) is 18.8 Å². The Morgan fingerprint density at radius 2 is 0.931 bits per heavy atom. The van der Waals surface area contributed by atoms with E-state index < -0.39 is 189 Å². The second kappa shape index (κ2) is 32.2. The molecule has 0 saturated carbocycles. The number of fused-ring (bicyclic) bond motifs is 3. The minimum Gasteiger partial charge on any atom is -0.463 e. The third-order valence-electron chi connectivity index (χ3n) is 13.4. The molecule has 0 spiro atoms. The number of carbonyl (C=O) groups excluding carboxylic acids is 12. The van der Waals surface area contributed by atoms with Crippen LogP contribution in [0.15, 0.2) is 61.2 Å². The van der Waals surface area contributed by atoms with Gasteiger partial charge in [-0.25, -0.2) is 9.59 Å². The van der Waals surface area contributed by atoms with Crippen molar-refractivity contribution >= 4 is 71.5 Å². The summed E-state index contributed by atoms with van der Waals surface area (Å²) in [5.41, 5.74) is 3.38. The lowest BCUT2D eigenvalue weighted by molar-refractivity contribution is -0.288. The van der Waals surface area contributed by atoms with E-state index >= 15 is 4.79 Å². The highest BCUT2D eigenvalue weighted by atomic mass is 16.7. The monoisotopic (exact) mass is 1230 g/mol. The van der Waals surface area contributed by atoms with Gasteiger partial charge in [0.2, 0.25) is 23.6 Å². The summed E-state index contributed by atoms with van der Waals surface area (Å²) < 4.78 is 68.5. The second-order valence-corrected chi connectivity index (χ2v) is 20.2. The maximum Gasteiger partial charge on any atom is 0.407 e. The molecule has 30 heteroatoms. The number of amides is 5. The van der Waals surface area contributed by atoms with Gasteiger partial charge in [-0.05, 0) is 36.1 Å². The van der Waals surface area contributed by atoms with Crippen molar-refractivity contribution in [3.8, 4) is 11.1 Å². The average molecular weight is 1230 g/mol. The van der Waals surface area contributed by atoms with Gasteiger partial charge in [-0.15, -0.1) is 0 Å². The molecule has 30 nitrogen and oxygen atoms in total. The zero-order valence-corrected chi connectivity index (χ0v) is 49.4. The van der Waals surface area contributed by atoms with Crippen LogP contribution >= 0.6 is 0 Å². The van der Waals surface area contributed by atoms with Crippen LogP contribution in [0.4, 0.5) is 4.79 Å². The number of alkyl carbamates (subject to hydrolysis) is 1. The molecule has 2 saturated heterocycles. The molecular formula is C57H73N5O25. The van der Waals surface area contributed by atoms with Crippen LogP contribution in [0.5, 0.6) is 0 Å². The van der Waals surface area contributed by atoms with E-state index in [2.05, 4.69) is 33.2 Å². The molecular weight excluding hydrogens is 1150 g/mol. The van der Waals surface area contributed by atoms with E-state index in [1.807, 2.05) is 36.4 Å². The van der Waals surface area contributed by atoms with Gasteiger partial charge in [0, 0.05) is 61.3 Å². The van der Waals surface area contributed by atoms with Crippen molar-refractivity contribution < 1.29 is 119 Å². The fourth-order valence-corrected chi connectivity index (χ4v) is 9.88. The van der Waals surface area contributed by atoms with Crippen molar-refractivity contribution in [3.63, 3.8) is 0 Å².